The van der Waals surface area contributed by atoms with E-state index in [0.29, 0.717) is 24.4 Å². The van der Waals surface area contributed by atoms with Crippen LogP contribution in [0.15, 0.2) is 30.7 Å². The van der Waals surface area contributed by atoms with Crippen LogP contribution in [0.2, 0.25) is 0 Å². The second kappa shape index (κ2) is 5.85. The number of hydrogen-bond donors (Lipinski definition) is 2. The summed E-state index contributed by atoms with van der Waals surface area (Å²) in [7, 11) is 1.52. The first-order valence-electron chi connectivity index (χ1n) is 5.74. The van der Waals surface area contributed by atoms with E-state index in [1.807, 2.05) is 0 Å². The van der Waals surface area contributed by atoms with Gasteiger partial charge in [0.15, 0.2) is 0 Å². The van der Waals surface area contributed by atoms with Crippen molar-refractivity contribution in [2.24, 2.45) is 0 Å². The lowest BCUT2D eigenvalue weighted by Gasteiger charge is -2.08. The van der Waals surface area contributed by atoms with Gasteiger partial charge in [-0.1, -0.05) is 0 Å². The van der Waals surface area contributed by atoms with Gasteiger partial charge in [0.1, 0.15) is 11.4 Å². The van der Waals surface area contributed by atoms with Gasteiger partial charge in [-0.25, -0.2) is 4.98 Å². The highest BCUT2D eigenvalue weighted by Crippen LogP contribution is 2.28. The molecule has 0 aliphatic rings. The van der Waals surface area contributed by atoms with Gasteiger partial charge in [0, 0.05) is 37.0 Å². The lowest BCUT2D eigenvalue weighted by molar-refractivity contribution is -0.384. The number of aromatic nitrogens is 2. The zero-order valence-electron chi connectivity index (χ0n) is 10.4. The van der Waals surface area contributed by atoms with Gasteiger partial charge in [-0.2, -0.15) is 0 Å². The Hall–Kier alpha value is -2.57. The Balaban J connectivity index is 2.06. The number of methoxy groups -OCH3 is 1. The van der Waals surface area contributed by atoms with Crippen LogP contribution in [0.1, 0.15) is 5.69 Å². The fraction of sp³-hybridized carbons (Fsp3) is 0.250. The Labute approximate surface area is 109 Å². The van der Waals surface area contributed by atoms with Crippen LogP contribution in [0.5, 0.6) is 5.75 Å². The number of aromatic amines is 1. The molecule has 0 saturated heterocycles. The van der Waals surface area contributed by atoms with Crippen molar-refractivity contribution in [3.8, 4) is 5.75 Å². The average Bonchev–Trinajstić information content (AvgIpc) is 2.91. The zero-order chi connectivity index (χ0) is 13.7. The van der Waals surface area contributed by atoms with E-state index in [1.165, 1.54) is 13.2 Å². The number of nitrogens with one attached hydrogen (secondary N) is 2. The first-order valence-corrected chi connectivity index (χ1v) is 5.74. The van der Waals surface area contributed by atoms with Crippen molar-refractivity contribution in [2.75, 3.05) is 19.0 Å². The van der Waals surface area contributed by atoms with Gasteiger partial charge in [-0.3, -0.25) is 10.1 Å². The summed E-state index contributed by atoms with van der Waals surface area (Å²) in [5, 5.41) is 14.0. The molecule has 0 aliphatic heterocycles. The number of H-pyrrole nitrogens is 1. The largest absolute Gasteiger partial charge is 0.497 e. The van der Waals surface area contributed by atoms with Crippen LogP contribution < -0.4 is 10.1 Å². The molecule has 2 aromatic rings. The van der Waals surface area contributed by atoms with Gasteiger partial charge in [0.2, 0.25) is 0 Å². The zero-order valence-corrected chi connectivity index (χ0v) is 10.4. The summed E-state index contributed by atoms with van der Waals surface area (Å²) < 4.78 is 5.06. The quantitative estimate of drug-likeness (QED) is 0.613. The van der Waals surface area contributed by atoms with Crippen LogP contribution in [0.25, 0.3) is 0 Å². The van der Waals surface area contributed by atoms with Crippen molar-refractivity contribution in [3.05, 3.63) is 46.5 Å². The normalized spacial score (nSPS) is 10.2. The number of nitro groups is 1. The highest BCUT2D eigenvalue weighted by molar-refractivity contribution is 5.64. The summed E-state index contributed by atoms with van der Waals surface area (Å²) in [6.07, 6.45) is 4.03. The van der Waals surface area contributed by atoms with Crippen molar-refractivity contribution < 1.29 is 9.66 Å². The van der Waals surface area contributed by atoms with Gasteiger partial charge >= 0.3 is 0 Å². The van der Waals surface area contributed by atoms with Crippen LogP contribution in [0.3, 0.4) is 0 Å². The number of hydrogen-bond acceptors (Lipinski definition) is 5. The minimum Gasteiger partial charge on any atom is -0.497 e. The maximum atomic E-state index is 10.9. The van der Waals surface area contributed by atoms with E-state index in [2.05, 4.69) is 15.3 Å². The number of anilines is 1. The third-order valence-corrected chi connectivity index (χ3v) is 2.67. The highest BCUT2D eigenvalue weighted by atomic mass is 16.6. The maximum Gasteiger partial charge on any atom is 0.292 e. The van der Waals surface area contributed by atoms with Crippen molar-refractivity contribution in [3.63, 3.8) is 0 Å². The molecule has 2 N–H and O–H groups in total. The second-order valence-corrected chi connectivity index (χ2v) is 3.89. The highest BCUT2D eigenvalue weighted by Gasteiger charge is 2.14. The van der Waals surface area contributed by atoms with Gasteiger partial charge in [0.25, 0.3) is 5.69 Å². The second-order valence-electron chi connectivity index (χ2n) is 3.89. The Kier molecular flexibility index (Phi) is 3.97. The molecule has 0 aliphatic carbocycles. The molecule has 1 heterocycles. The molecule has 0 spiro atoms. The SMILES string of the molecule is COc1ccc([N+](=O)[O-])c(NCCc2cnc[nH]2)c1. The fourth-order valence-corrected chi connectivity index (χ4v) is 1.70. The predicted octanol–water partition coefficient (Wildman–Crippen LogP) is 1.98. The molecule has 0 unspecified atom stereocenters. The van der Waals surface area contributed by atoms with Crippen LogP contribution in [0, 0.1) is 10.1 Å². The summed E-state index contributed by atoms with van der Waals surface area (Å²) in [4.78, 5) is 17.4. The van der Waals surface area contributed by atoms with Gasteiger partial charge in [0.05, 0.1) is 18.4 Å². The van der Waals surface area contributed by atoms with Crippen LogP contribution in [-0.4, -0.2) is 28.5 Å². The summed E-state index contributed by atoms with van der Waals surface area (Å²) in [5.74, 6) is 0.578. The summed E-state index contributed by atoms with van der Waals surface area (Å²) >= 11 is 0. The first-order chi connectivity index (χ1) is 9.20. The number of nitrogens with zero attached hydrogens (tertiary/aromatic N) is 2. The van der Waals surface area contributed by atoms with E-state index in [1.54, 1.807) is 24.7 Å². The van der Waals surface area contributed by atoms with E-state index < -0.39 is 4.92 Å². The summed E-state index contributed by atoms with van der Waals surface area (Å²) in [6, 6.07) is 4.61. The van der Waals surface area contributed by atoms with Gasteiger partial charge in [-0.05, 0) is 6.07 Å². The maximum absolute atomic E-state index is 10.9. The Bertz CT molecular complexity index is 554. The van der Waals surface area contributed by atoms with E-state index in [4.69, 9.17) is 4.74 Å². The van der Waals surface area contributed by atoms with E-state index in [0.717, 1.165) is 5.69 Å². The molecule has 7 heteroatoms. The molecule has 0 atom stereocenters. The standard InChI is InChI=1S/C12H14N4O3/c1-19-10-2-3-12(16(17)18)11(6-10)14-5-4-9-7-13-8-15-9/h2-3,6-8,14H,4-5H2,1H3,(H,13,15). The lowest BCUT2D eigenvalue weighted by atomic mass is 10.2. The molecule has 0 amide bonds. The minimum absolute atomic E-state index is 0.0328. The van der Waals surface area contributed by atoms with E-state index in [9.17, 15) is 10.1 Å². The third kappa shape index (κ3) is 3.21. The monoisotopic (exact) mass is 262 g/mol. The number of nitro benzene ring substituents is 1. The van der Waals surface area contributed by atoms with Crippen LogP contribution in [0.4, 0.5) is 11.4 Å². The molecule has 0 bridgehead atoms. The van der Waals surface area contributed by atoms with Crippen LogP contribution >= 0.6 is 0 Å². The predicted molar refractivity (Wildman–Crippen MR) is 70.4 cm³/mol. The van der Waals surface area contributed by atoms with Crippen molar-refractivity contribution in [2.45, 2.75) is 6.42 Å². The fourth-order valence-electron chi connectivity index (χ4n) is 1.70. The molecule has 0 fully saturated rings. The van der Waals surface area contributed by atoms with Crippen molar-refractivity contribution >= 4 is 11.4 Å². The lowest BCUT2D eigenvalue weighted by Crippen LogP contribution is -2.07. The van der Waals surface area contributed by atoms with E-state index in [-0.39, 0.29) is 5.69 Å². The van der Waals surface area contributed by atoms with Crippen molar-refractivity contribution in [1.29, 1.82) is 0 Å². The van der Waals surface area contributed by atoms with Crippen molar-refractivity contribution in [1.82, 2.24) is 9.97 Å². The number of imidazole rings is 1. The molecule has 1 aromatic carbocycles. The third-order valence-electron chi connectivity index (χ3n) is 2.67. The molecule has 1 aromatic heterocycles. The molecular formula is C12H14N4O3. The molecule has 0 radical (unpaired) electrons. The van der Waals surface area contributed by atoms with Gasteiger partial charge in [-0.15, -0.1) is 0 Å². The summed E-state index contributed by atoms with van der Waals surface area (Å²) in [5.41, 5.74) is 1.45. The smallest absolute Gasteiger partial charge is 0.292 e. The summed E-state index contributed by atoms with van der Waals surface area (Å²) in [6.45, 7) is 0.566. The first kappa shape index (κ1) is 12.9. The number of benzene rings is 1. The van der Waals surface area contributed by atoms with Crippen LogP contribution in [-0.2, 0) is 6.42 Å². The molecule has 19 heavy (non-hydrogen) atoms. The number of rotatable bonds is 6. The topological polar surface area (TPSA) is 93.1 Å². The average molecular weight is 262 g/mol. The Morgan fingerprint density at radius 2 is 2.37 bits per heavy atom. The molecule has 2 rings (SSSR count). The Morgan fingerprint density at radius 3 is 3.00 bits per heavy atom. The molecule has 7 nitrogen and oxygen atoms in total. The molecule has 100 valence electrons. The molecular weight excluding hydrogens is 248 g/mol. The van der Waals surface area contributed by atoms with E-state index >= 15 is 0 Å². The Morgan fingerprint density at radius 1 is 1.53 bits per heavy atom. The van der Waals surface area contributed by atoms with Gasteiger partial charge < -0.3 is 15.0 Å². The minimum atomic E-state index is -0.419. The number of ether oxygens (including phenoxy) is 1. The molecule has 0 saturated carbocycles.